The second-order valence-corrected chi connectivity index (χ2v) is 5.96. The van der Waals surface area contributed by atoms with Crippen molar-refractivity contribution in [2.45, 2.75) is 33.1 Å². The number of rotatable bonds is 8. The van der Waals surface area contributed by atoms with Crippen LogP contribution in [0.2, 0.25) is 0 Å². The van der Waals surface area contributed by atoms with Crippen molar-refractivity contribution in [3.05, 3.63) is 23.8 Å². The lowest BCUT2D eigenvalue weighted by Crippen LogP contribution is -2.38. The molecule has 8 nitrogen and oxygen atoms in total. The largest absolute Gasteiger partial charge is 0.490 e. The molecule has 0 saturated carbocycles. The fourth-order valence-corrected chi connectivity index (χ4v) is 2.69. The molecular formula is C19H27N3O5. The highest BCUT2D eigenvalue weighted by Gasteiger charge is 2.17. The van der Waals surface area contributed by atoms with Crippen molar-refractivity contribution < 1.29 is 23.8 Å². The summed E-state index contributed by atoms with van der Waals surface area (Å²) in [6.45, 7) is 5.89. The molecule has 1 fully saturated rings. The molecule has 0 aromatic heterocycles. The number of benzene rings is 1. The third-order valence-corrected chi connectivity index (χ3v) is 3.97. The summed E-state index contributed by atoms with van der Waals surface area (Å²) in [5.74, 6) is 1.00. The Morgan fingerprint density at radius 1 is 1.11 bits per heavy atom. The van der Waals surface area contributed by atoms with Gasteiger partial charge < -0.3 is 19.1 Å². The maximum Gasteiger partial charge on any atom is 0.427 e. The van der Waals surface area contributed by atoms with Crippen LogP contribution in [-0.2, 0) is 9.53 Å². The van der Waals surface area contributed by atoms with Crippen LogP contribution in [0.15, 0.2) is 23.3 Å². The molecule has 27 heavy (non-hydrogen) atoms. The van der Waals surface area contributed by atoms with Gasteiger partial charge >= 0.3 is 6.09 Å². The first-order chi connectivity index (χ1) is 13.1. The van der Waals surface area contributed by atoms with Crippen molar-refractivity contribution in [1.29, 1.82) is 0 Å². The first-order valence-corrected chi connectivity index (χ1v) is 9.27. The lowest BCUT2D eigenvalue weighted by Gasteiger charge is -2.26. The predicted molar refractivity (Wildman–Crippen MR) is 101 cm³/mol. The van der Waals surface area contributed by atoms with Gasteiger partial charge in [-0.2, -0.15) is 5.10 Å². The van der Waals surface area contributed by atoms with Crippen LogP contribution in [0.3, 0.4) is 0 Å². The van der Waals surface area contributed by atoms with E-state index in [9.17, 15) is 9.59 Å². The third kappa shape index (κ3) is 6.80. The zero-order valence-corrected chi connectivity index (χ0v) is 15.9. The van der Waals surface area contributed by atoms with Gasteiger partial charge in [-0.1, -0.05) is 0 Å². The molecule has 1 aromatic rings. The third-order valence-electron chi connectivity index (χ3n) is 3.97. The van der Waals surface area contributed by atoms with E-state index in [1.807, 2.05) is 11.8 Å². The summed E-state index contributed by atoms with van der Waals surface area (Å²) < 4.78 is 16.0. The van der Waals surface area contributed by atoms with Crippen LogP contribution >= 0.6 is 0 Å². The molecule has 0 aliphatic carbocycles. The molecule has 1 aromatic carbocycles. The van der Waals surface area contributed by atoms with Crippen LogP contribution in [0.25, 0.3) is 0 Å². The average molecular weight is 377 g/mol. The maximum absolute atomic E-state index is 12.3. The number of piperidine rings is 1. The summed E-state index contributed by atoms with van der Waals surface area (Å²) in [5.41, 5.74) is 2.97. The van der Waals surface area contributed by atoms with Crippen molar-refractivity contribution >= 4 is 18.2 Å². The van der Waals surface area contributed by atoms with E-state index < -0.39 is 6.09 Å². The van der Waals surface area contributed by atoms with Gasteiger partial charge in [0.25, 0.3) is 5.91 Å². The van der Waals surface area contributed by atoms with Gasteiger partial charge in [0.05, 0.1) is 19.4 Å². The lowest BCUT2D eigenvalue weighted by molar-refractivity contribution is -0.134. The molecule has 148 valence electrons. The molecule has 0 spiro atoms. The highest BCUT2D eigenvalue weighted by Crippen LogP contribution is 2.28. The molecule has 1 aliphatic heterocycles. The van der Waals surface area contributed by atoms with Crippen molar-refractivity contribution in [3.8, 4) is 11.5 Å². The minimum Gasteiger partial charge on any atom is -0.490 e. The van der Waals surface area contributed by atoms with Crippen LogP contribution in [0.4, 0.5) is 4.79 Å². The smallest absolute Gasteiger partial charge is 0.427 e. The monoisotopic (exact) mass is 377 g/mol. The minimum atomic E-state index is -0.616. The molecule has 0 bridgehead atoms. The lowest BCUT2D eigenvalue weighted by atomic mass is 10.1. The molecule has 2 amide bonds. The van der Waals surface area contributed by atoms with Crippen LogP contribution < -0.4 is 14.9 Å². The van der Waals surface area contributed by atoms with Crippen molar-refractivity contribution in [2.24, 2.45) is 5.10 Å². The summed E-state index contributed by atoms with van der Waals surface area (Å²) in [7, 11) is 0. The number of hydrogen-bond acceptors (Lipinski definition) is 6. The van der Waals surface area contributed by atoms with Gasteiger partial charge in [0.2, 0.25) is 0 Å². The molecule has 0 radical (unpaired) electrons. The van der Waals surface area contributed by atoms with Gasteiger partial charge in [-0.3, -0.25) is 4.79 Å². The number of hydrogen-bond donors (Lipinski definition) is 1. The summed E-state index contributed by atoms with van der Waals surface area (Å²) in [4.78, 5) is 25.3. The first kappa shape index (κ1) is 20.5. The number of amides is 2. The fourth-order valence-electron chi connectivity index (χ4n) is 2.69. The Kier molecular flexibility index (Phi) is 8.41. The Bertz CT molecular complexity index is 657. The highest BCUT2D eigenvalue weighted by atomic mass is 16.5. The van der Waals surface area contributed by atoms with Gasteiger partial charge in [0.15, 0.2) is 18.1 Å². The van der Waals surface area contributed by atoms with Gasteiger partial charge in [-0.15, -0.1) is 0 Å². The molecule has 1 heterocycles. The maximum atomic E-state index is 12.3. The van der Waals surface area contributed by atoms with Crippen LogP contribution in [0, 0.1) is 0 Å². The second-order valence-electron chi connectivity index (χ2n) is 5.96. The molecule has 1 aliphatic rings. The Hall–Kier alpha value is -2.77. The number of likely N-dealkylation sites (tertiary alicyclic amines) is 1. The number of ether oxygens (including phenoxy) is 3. The summed E-state index contributed by atoms with van der Waals surface area (Å²) in [6.07, 6.45) is 4.12. The number of hydrazone groups is 1. The van der Waals surface area contributed by atoms with E-state index in [0.717, 1.165) is 25.9 Å². The standard InChI is InChI=1S/C19H27N3O5/c1-3-25-17-12-15(13-20-21-19(24)26-4-2)8-9-16(17)27-14-18(23)22-10-6-5-7-11-22/h8-9,12-13H,3-7,10-11,14H2,1-2H3,(H,21,24)/b20-13-. The number of carbonyl (C=O) groups excluding carboxylic acids is 2. The quantitative estimate of drug-likeness (QED) is 0.555. The molecule has 8 heteroatoms. The van der Waals surface area contributed by atoms with E-state index in [0.29, 0.717) is 23.7 Å². The van der Waals surface area contributed by atoms with Gasteiger partial charge in [-0.25, -0.2) is 10.2 Å². The van der Waals surface area contributed by atoms with E-state index in [2.05, 4.69) is 10.5 Å². The van der Waals surface area contributed by atoms with Gasteiger partial charge in [0.1, 0.15) is 0 Å². The van der Waals surface area contributed by atoms with E-state index >= 15 is 0 Å². The molecule has 1 saturated heterocycles. The molecule has 1 N–H and O–H groups in total. The predicted octanol–water partition coefficient (Wildman–Crippen LogP) is 2.56. The van der Waals surface area contributed by atoms with Crippen LogP contribution in [0.5, 0.6) is 11.5 Å². The van der Waals surface area contributed by atoms with Crippen LogP contribution in [-0.4, -0.2) is 56.0 Å². The molecule has 2 rings (SSSR count). The molecule has 0 unspecified atom stereocenters. The normalized spacial score (nSPS) is 14.1. The van der Waals surface area contributed by atoms with Crippen molar-refractivity contribution in [3.63, 3.8) is 0 Å². The van der Waals surface area contributed by atoms with E-state index in [1.54, 1.807) is 25.1 Å². The van der Waals surface area contributed by atoms with Gasteiger partial charge in [-0.05, 0) is 56.9 Å². The Labute approximate surface area is 159 Å². The minimum absolute atomic E-state index is 0.0126. The number of nitrogens with zero attached hydrogens (tertiary/aromatic N) is 2. The van der Waals surface area contributed by atoms with E-state index in [1.165, 1.54) is 12.6 Å². The van der Waals surface area contributed by atoms with Crippen molar-refractivity contribution in [2.75, 3.05) is 32.9 Å². The van der Waals surface area contributed by atoms with E-state index in [-0.39, 0.29) is 19.1 Å². The summed E-state index contributed by atoms with van der Waals surface area (Å²) in [6, 6.07) is 5.22. The van der Waals surface area contributed by atoms with Crippen molar-refractivity contribution in [1.82, 2.24) is 10.3 Å². The Balaban J connectivity index is 1.96. The Morgan fingerprint density at radius 3 is 2.59 bits per heavy atom. The zero-order chi connectivity index (χ0) is 19.5. The summed E-state index contributed by atoms with van der Waals surface area (Å²) >= 11 is 0. The fraction of sp³-hybridized carbons (Fsp3) is 0.526. The molecular weight excluding hydrogens is 350 g/mol. The molecule has 0 atom stereocenters. The highest BCUT2D eigenvalue weighted by molar-refractivity contribution is 5.82. The zero-order valence-electron chi connectivity index (χ0n) is 15.9. The summed E-state index contributed by atoms with van der Waals surface area (Å²) in [5, 5.41) is 3.82. The Morgan fingerprint density at radius 2 is 1.89 bits per heavy atom. The number of nitrogens with one attached hydrogen (secondary N) is 1. The second kappa shape index (κ2) is 11.1. The van der Waals surface area contributed by atoms with E-state index in [4.69, 9.17) is 14.2 Å². The number of carbonyl (C=O) groups is 2. The topological polar surface area (TPSA) is 89.5 Å². The van der Waals surface area contributed by atoms with Gasteiger partial charge in [0, 0.05) is 13.1 Å². The SMILES string of the molecule is CCOC(=O)N/N=C\c1ccc(OCC(=O)N2CCCCC2)c(OCC)c1. The first-order valence-electron chi connectivity index (χ1n) is 9.27. The average Bonchev–Trinajstić information content (AvgIpc) is 2.68. The van der Waals surface area contributed by atoms with Crippen LogP contribution in [0.1, 0.15) is 38.7 Å².